The number of halogens is 1. The fourth-order valence-electron chi connectivity index (χ4n) is 4.52. The summed E-state index contributed by atoms with van der Waals surface area (Å²) < 4.78 is 19.9. The molecule has 0 amide bonds. The fourth-order valence-corrected chi connectivity index (χ4v) is 5.74. The number of hydrogen-bond donors (Lipinski definition) is 1. The van der Waals surface area contributed by atoms with E-state index >= 15 is 0 Å². The maximum Gasteiger partial charge on any atom is 0.147 e. The molecule has 5 rings (SSSR count). The molecule has 1 aromatic carbocycles. The lowest BCUT2D eigenvalue weighted by Crippen LogP contribution is -2.21. The number of rotatable bonds is 12. The van der Waals surface area contributed by atoms with Gasteiger partial charge in [-0.05, 0) is 53.4 Å². The van der Waals surface area contributed by atoms with Crippen LogP contribution in [-0.4, -0.2) is 58.4 Å². The van der Waals surface area contributed by atoms with Gasteiger partial charge in [-0.1, -0.05) is 38.4 Å². The third-order valence-corrected chi connectivity index (χ3v) is 8.28. The van der Waals surface area contributed by atoms with E-state index in [0.29, 0.717) is 47.2 Å². The normalized spacial score (nSPS) is 12.6. The van der Waals surface area contributed by atoms with Gasteiger partial charge in [-0.2, -0.15) is 0 Å². The minimum atomic E-state index is -0.247. The van der Waals surface area contributed by atoms with Crippen molar-refractivity contribution in [1.82, 2.24) is 24.5 Å². The van der Waals surface area contributed by atoms with Gasteiger partial charge in [-0.3, -0.25) is 9.97 Å². The predicted molar refractivity (Wildman–Crippen MR) is 165 cm³/mol. The first-order valence-corrected chi connectivity index (χ1v) is 15.4. The lowest BCUT2D eigenvalue weighted by molar-refractivity contribution is 0.0903. The van der Waals surface area contributed by atoms with Crippen LogP contribution in [0.25, 0.3) is 33.1 Å². The van der Waals surface area contributed by atoms with E-state index in [9.17, 15) is 5.11 Å². The average molecular weight is 604 g/mol. The van der Waals surface area contributed by atoms with Crippen molar-refractivity contribution >= 4 is 43.1 Å². The van der Waals surface area contributed by atoms with Gasteiger partial charge >= 0.3 is 0 Å². The number of pyridine rings is 2. The van der Waals surface area contributed by atoms with Crippen molar-refractivity contribution in [3.63, 3.8) is 0 Å². The highest BCUT2D eigenvalue weighted by molar-refractivity contribution is 6.39. The molecular weight excluding hydrogens is 570 g/mol. The summed E-state index contributed by atoms with van der Waals surface area (Å²) in [6.45, 7) is 9.95. The van der Waals surface area contributed by atoms with Gasteiger partial charge in [0.2, 0.25) is 0 Å². The molecule has 0 aliphatic heterocycles. The Bertz CT molecular complexity index is 1670. The minimum Gasteiger partial charge on any atom is -0.488 e. The molecule has 0 saturated heterocycles. The van der Waals surface area contributed by atoms with Gasteiger partial charge in [0.1, 0.15) is 48.1 Å². The third-order valence-electron chi connectivity index (χ3n) is 6.48. The van der Waals surface area contributed by atoms with Crippen LogP contribution in [0.2, 0.25) is 16.2 Å². The molecule has 4 heterocycles. The molecule has 0 unspecified atom stereocenters. The molecule has 42 heavy (non-hydrogen) atoms. The van der Waals surface area contributed by atoms with Crippen LogP contribution in [0.4, 0.5) is 0 Å². The zero-order chi connectivity index (χ0) is 29.7. The Morgan fingerprint density at radius 1 is 1.05 bits per heavy atom. The van der Waals surface area contributed by atoms with Gasteiger partial charge in [0.15, 0.2) is 0 Å². The molecule has 0 spiro atoms. The highest BCUT2D eigenvalue weighted by atomic mass is 35.5. The van der Waals surface area contributed by atoms with Gasteiger partial charge in [0, 0.05) is 39.5 Å². The van der Waals surface area contributed by atoms with Crippen molar-refractivity contribution < 1.29 is 19.3 Å². The largest absolute Gasteiger partial charge is 0.488 e. The van der Waals surface area contributed by atoms with Gasteiger partial charge in [0.25, 0.3) is 0 Å². The number of aliphatic hydroxyl groups excluding tert-OH is 1. The highest BCUT2D eigenvalue weighted by Crippen LogP contribution is 2.35. The van der Waals surface area contributed by atoms with Crippen molar-refractivity contribution in [1.29, 1.82) is 0 Å². The molecule has 0 aliphatic carbocycles. The van der Waals surface area contributed by atoms with Crippen molar-refractivity contribution in [2.75, 3.05) is 13.2 Å². The van der Waals surface area contributed by atoms with E-state index < -0.39 is 0 Å². The van der Waals surface area contributed by atoms with E-state index in [1.54, 1.807) is 24.7 Å². The molecule has 5 aromatic rings. The Morgan fingerprint density at radius 2 is 1.90 bits per heavy atom. The number of benzene rings is 1. The van der Waals surface area contributed by atoms with Gasteiger partial charge in [-0.15, -0.1) is 0 Å². The zero-order valence-corrected chi connectivity index (χ0v) is 25.9. The Kier molecular flexibility index (Phi) is 9.37. The molecule has 2 radical (unpaired) electrons. The molecular formula is C31H34ClN5O4Si. The molecule has 0 fully saturated rings. The van der Waals surface area contributed by atoms with Crippen LogP contribution in [0.3, 0.4) is 0 Å². The summed E-state index contributed by atoms with van der Waals surface area (Å²) in [5.41, 5.74) is 4.15. The molecule has 4 aromatic heterocycles. The van der Waals surface area contributed by atoms with Gasteiger partial charge in [-0.25, -0.2) is 9.97 Å². The topological polar surface area (TPSA) is 104 Å². The Hall–Kier alpha value is -3.57. The van der Waals surface area contributed by atoms with Crippen LogP contribution < -0.4 is 9.47 Å². The first-order chi connectivity index (χ1) is 20.2. The Labute approximate surface area is 252 Å². The average Bonchev–Trinajstić information content (AvgIpc) is 3.35. The predicted octanol–water partition coefficient (Wildman–Crippen LogP) is 6.35. The molecule has 218 valence electrons. The maximum absolute atomic E-state index is 9.31. The van der Waals surface area contributed by atoms with Crippen LogP contribution in [0.15, 0.2) is 61.4 Å². The standard InChI is InChI=1S/C31H34ClN5O4Si/c1-20(17-40-24-9-21(16-38)12-33-13-24)41-25-11-23-10-22(5-6-27(23)34-14-25)26-15-37(19-39-7-8-42-31(2,3)4)30-28(26)29(32)35-18-36-30/h5-6,9-15,18,20,38H,7-8,16-17,19H2,1-4H3/t20-/m0/s1. The van der Waals surface area contributed by atoms with Crippen molar-refractivity contribution in [2.24, 2.45) is 0 Å². The SMILES string of the molecule is C[C@@H](COc1cncc(CO)c1)Oc1cnc2ccc(-c3cn(COCC[Si]C(C)(C)C)c4ncnc(Cl)c34)cc2c1. The van der Waals surface area contributed by atoms with E-state index in [4.69, 9.17) is 25.8 Å². The quantitative estimate of drug-likeness (QED) is 0.0999. The summed E-state index contributed by atoms with van der Waals surface area (Å²) >= 11 is 6.59. The molecule has 1 N–H and O–H groups in total. The van der Waals surface area contributed by atoms with Crippen LogP contribution in [0, 0.1) is 0 Å². The fraction of sp³-hybridized carbons (Fsp3) is 0.355. The van der Waals surface area contributed by atoms with Crippen LogP contribution in [0.1, 0.15) is 33.3 Å². The van der Waals surface area contributed by atoms with E-state index in [2.05, 4.69) is 46.8 Å². The molecule has 0 bridgehead atoms. The van der Waals surface area contributed by atoms with Gasteiger partial charge < -0.3 is 23.9 Å². The Balaban J connectivity index is 1.33. The first-order valence-electron chi connectivity index (χ1n) is 13.8. The lowest BCUT2D eigenvalue weighted by Gasteiger charge is -2.16. The summed E-state index contributed by atoms with van der Waals surface area (Å²) in [7, 11) is 0.836. The molecule has 11 heteroatoms. The zero-order valence-electron chi connectivity index (χ0n) is 24.2. The molecule has 0 aliphatic rings. The van der Waals surface area contributed by atoms with Crippen LogP contribution in [-0.2, 0) is 18.1 Å². The van der Waals surface area contributed by atoms with Crippen molar-refractivity contribution in [2.45, 2.75) is 58.2 Å². The minimum absolute atomic E-state index is 0.0908. The van der Waals surface area contributed by atoms with E-state index in [0.717, 1.165) is 48.6 Å². The maximum atomic E-state index is 9.31. The Morgan fingerprint density at radius 3 is 2.71 bits per heavy atom. The van der Waals surface area contributed by atoms with Crippen molar-refractivity contribution in [3.8, 4) is 22.6 Å². The number of fused-ring (bicyclic) bond motifs is 2. The second-order valence-electron chi connectivity index (χ2n) is 11.1. The van der Waals surface area contributed by atoms with E-state index in [1.165, 1.54) is 6.33 Å². The second kappa shape index (κ2) is 13.2. The van der Waals surface area contributed by atoms with E-state index in [-0.39, 0.29) is 12.7 Å². The lowest BCUT2D eigenvalue weighted by atomic mass is 10.0. The summed E-state index contributed by atoms with van der Waals surface area (Å²) in [5, 5.41) is 11.7. The number of hydrogen-bond acceptors (Lipinski definition) is 8. The molecule has 0 saturated carbocycles. The molecule has 9 nitrogen and oxygen atoms in total. The summed E-state index contributed by atoms with van der Waals surface area (Å²) in [6.07, 6.45) is 8.17. The third kappa shape index (κ3) is 7.43. The number of aliphatic hydroxyl groups is 1. The van der Waals surface area contributed by atoms with E-state index in [1.807, 2.05) is 35.9 Å². The first kappa shape index (κ1) is 29.9. The second-order valence-corrected chi connectivity index (χ2v) is 13.8. The highest BCUT2D eigenvalue weighted by Gasteiger charge is 2.17. The monoisotopic (exact) mass is 603 g/mol. The van der Waals surface area contributed by atoms with Crippen LogP contribution >= 0.6 is 11.6 Å². The molecule has 1 atom stereocenters. The van der Waals surface area contributed by atoms with Gasteiger partial charge in [0.05, 0.1) is 29.9 Å². The summed E-state index contributed by atoms with van der Waals surface area (Å²) in [5.74, 6) is 1.21. The van der Waals surface area contributed by atoms with Crippen LogP contribution in [0.5, 0.6) is 11.5 Å². The number of aromatic nitrogens is 5. The summed E-state index contributed by atoms with van der Waals surface area (Å²) in [6, 6.07) is 10.8. The number of nitrogens with zero attached hydrogens (tertiary/aromatic N) is 5. The smallest absolute Gasteiger partial charge is 0.147 e. The van der Waals surface area contributed by atoms with Crippen molar-refractivity contribution in [3.05, 3.63) is 72.2 Å². The summed E-state index contributed by atoms with van der Waals surface area (Å²) in [4.78, 5) is 17.4. The number of ether oxygens (including phenoxy) is 3.